The molecule has 0 heterocycles. The summed E-state index contributed by atoms with van der Waals surface area (Å²) < 4.78 is 2.08. The number of hydrogen-bond acceptors (Lipinski definition) is 0. The highest BCUT2D eigenvalue weighted by molar-refractivity contribution is 5.23. The van der Waals surface area contributed by atoms with Gasteiger partial charge in [0.05, 0.1) is 28.2 Å². The van der Waals surface area contributed by atoms with Gasteiger partial charge in [-0.05, 0) is 36.8 Å². The van der Waals surface area contributed by atoms with E-state index in [0.29, 0.717) is 0 Å². The molecule has 0 saturated carbocycles. The SMILES string of the molecule is CCCCCCCCCCCCc1ccc(C[N+](C)(C)CC[N+](C)(C)Cc2ccc(CCCCCCCCCCCC)cc2)cc1. The van der Waals surface area contributed by atoms with Gasteiger partial charge >= 0.3 is 0 Å². The molecule has 0 saturated heterocycles. The van der Waals surface area contributed by atoms with E-state index in [1.807, 2.05) is 0 Å². The van der Waals surface area contributed by atoms with Gasteiger partial charge in [-0.15, -0.1) is 0 Å². The minimum absolute atomic E-state index is 1.04. The van der Waals surface area contributed by atoms with Gasteiger partial charge in [0.15, 0.2) is 0 Å². The van der Waals surface area contributed by atoms with E-state index in [9.17, 15) is 0 Å². The summed E-state index contributed by atoms with van der Waals surface area (Å²) >= 11 is 0. The van der Waals surface area contributed by atoms with Gasteiger partial charge in [0.25, 0.3) is 0 Å². The summed E-state index contributed by atoms with van der Waals surface area (Å²) in [6.45, 7) is 9.18. The number of nitrogens with zero attached hydrogens (tertiary/aromatic N) is 2. The zero-order valence-electron chi connectivity index (χ0n) is 31.9. The maximum atomic E-state index is 2.40. The highest BCUT2D eigenvalue weighted by Crippen LogP contribution is 2.18. The Morgan fingerprint density at radius 2 is 0.565 bits per heavy atom. The molecule has 0 radical (unpaired) electrons. The van der Waals surface area contributed by atoms with Gasteiger partial charge < -0.3 is 8.97 Å². The first-order valence-electron chi connectivity index (χ1n) is 20.0. The third kappa shape index (κ3) is 20.6. The second kappa shape index (κ2) is 24.5. The summed E-state index contributed by atoms with van der Waals surface area (Å²) in [5.74, 6) is 0. The van der Waals surface area contributed by atoms with E-state index in [1.165, 1.54) is 177 Å². The van der Waals surface area contributed by atoms with Crippen molar-refractivity contribution < 1.29 is 8.97 Å². The Kier molecular flexibility index (Phi) is 21.6. The predicted octanol–water partition coefficient (Wildman–Crippen LogP) is 12.5. The zero-order valence-corrected chi connectivity index (χ0v) is 31.9. The van der Waals surface area contributed by atoms with Crippen LogP contribution in [-0.4, -0.2) is 50.2 Å². The smallest absolute Gasteiger partial charge is 0.128 e. The molecule has 0 aliphatic heterocycles. The second-order valence-corrected chi connectivity index (χ2v) is 16.1. The topological polar surface area (TPSA) is 0 Å². The van der Waals surface area contributed by atoms with Gasteiger partial charge in [0.1, 0.15) is 26.2 Å². The van der Waals surface area contributed by atoms with E-state index >= 15 is 0 Å². The Morgan fingerprint density at radius 1 is 0.326 bits per heavy atom. The minimum Gasteiger partial charge on any atom is -0.320 e. The molecule has 2 nitrogen and oxygen atoms in total. The molecule has 0 N–H and O–H groups in total. The van der Waals surface area contributed by atoms with Crippen LogP contribution in [0.2, 0.25) is 0 Å². The van der Waals surface area contributed by atoms with Gasteiger partial charge in [-0.2, -0.15) is 0 Å². The molecule has 2 rings (SSSR count). The molecule has 0 bridgehead atoms. The largest absolute Gasteiger partial charge is 0.320 e. The average molecular weight is 635 g/mol. The highest BCUT2D eigenvalue weighted by Gasteiger charge is 2.23. The van der Waals surface area contributed by atoms with Crippen LogP contribution < -0.4 is 0 Å². The van der Waals surface area contributed by atoms with Crippen LogP contribution in [0.1, 0.15) is 165 Å². The Morgan fingerprint density at radius 3 is 0.848 bits per heavy atom. The first-order valence-corrected chi connectivity index (χ1v) is 20.0. The van der Waals surface area contributed by atoms with Crippen LogP contribution in [0.25, 0.3) is 0 Å². The van der Waals surface area contributed by atoms with Gasteiger partial charge in [0.2, 0.25) is 0 Å². The standard InChI is InChI=1S/C44H78N2/c1-7-9-11-13-15-17-19-21-23-25-27-41-29-33-43(34-30-41)39-45(3,4)37-38-46(5,6)40-44-35-31-42(32-36-44)28-26-24-22-20-18-16-14-12-10-8-2/h29-36H,7-28,37-40H2,1-6H3/q+2. The van der Waals surface area contributed by atoms with E-state index in [1.54, 1.807) is 0 Å². The molecule has 46 heavy (non-hydrogen) atoms. The minimum atomic E-state index is 1.04. The first kappa shape index (κ1) is 40.5. The molecular weight excluding hydrogens is 556 g/mol. The number of benzene rings is 2. The Balaban J connectivity index is 1.60. The van der Waals surface area contributed by atoms with Crippen molar-refractivity contribution in [3.63, 3.8) is 0 Å². The molecule has 0 amide bonds. The Hall–Kier alpha value is -1.64. The van der Waals surface area contributed by atoms with Crippen LogP contribution in [0.15, 0.2) is 48.5 Å². The fraction of sp³-hybridized carbons (Fsp3) is 0.727. The van der Waals surface area contributed by atoms with Crippen molar-refractivity contribution in [3.05, 3.63) is 70.8 Å². The average Bonchev–Trinajstić information content (AvgIpc) is 3.03. The molecule has 262 valence electrons. The number of likely N-dealkylation sites (N-methyl/N-ethyl adjacent to an activating group) is 2. The lowest BCUT2D eigenvalue weighted by Crippen LogP contribution is -2.49. The molecule has 0 fully saturated rings. The van der Waals surface area contributed by atoms with Gasteiger partial charge in [-0.25, -0.2) is 0 Å². The molecule has 0 aliphatic rings. The molecule has 0 unspecified atom stereocenters. The normalized spacial score (nSPS) is 12.2. The second-order valence-electron chi connectivity index (χ2n) is 16.1. The summed E-state index contributed by atoms with van der Waals surface area (Å²) in [6, 6.07) is 19.1. The maximum Gasteiger partial charge on any atom is 0.128 e. The van der Waals surface area contributed by atoms with Crippen molar-refractivity contribution in [2.75, 3.05) is 41.3 Å². The number of hydrogen-bond donors (Lipinski definition) is 0. The van der Waals surface area contributed by atoms with Crippen molar-refractivity contribution in [2.45, 2.75) is 168 Å². The number of unbranched alkanes of at least 4 members (excludes halogenated alkanes) is 18. The van der Waals surface area contributed by atoms with Crippen molar-refractivity contribution in [3.8, 4) is 0 Å². The fourth-order valence-corrected chi connectivity index (χ4v) is 6.94. The van der Waals surface area contributed by atoms with Crippen molar-refractivity contribution in [1.82, 2.24) is 0 Å². The fourth-order valence-electron chi connectivity index (χ4n) is 6.94. The lowest BCUT2D eigenvalue weighted by molar-refractivity contribution is -0.958. The molecule has 0 aliphatic carbocycles. The van der Waals surface area contributed by atoms with E-state index in [-0.39, 0.29) is 0 Å². The summed E-state index contributed by atoms with van der Waals surface area (Å²) in [5.41, 5.74) is 5.97. The zero-order chi connectivity index (χ0) is 33.4. The van der Waals surface area contributed by atoms with E-state index in [4.69, 9.17) is 0 Å². The highest BCUT2D eigenvalue weighted by atomic mass is 15.4. The van der Waals surface area contributed by atoms with Crippen LogP contribution in [0.5, 0.6) is 0 Å². The summed E-state index contributed by atoms with van der Waals surface area (Å²) in [5, 5.41) is 0. The Bertz CT molecular complexity index is 890. The van der Waals surface area contributed by atoms with Gasteiger partial charge in [0, 0.05) is 11.1 Å². The Labute approximate surface area is 288 Å². The van der Waals surface area contributed by atoms with Crippen LogP contribution in [0, 0.1) is 0 Å². The monoisotopic (exact) mass is 635 g/mol. The van der Waals surface area contributed by atoms with Crippen molar-refractivity contribution >= 4 is 0 Å². The number of quaternary nitrogens is 2. The first-order chi connectivity index (χ1) is 22.2. The summed E-state index contributed by atoms with van der Waals surface area (Å²) in [4.78, 5) is 0. The van der Waals surface area contributed by atoms with E-state index in [0.717, 1.165) is 22.1 Å². The third-order valence-electron chi connectivity index (χ3n) is 10.2. The molecular formula is C44H78N2+2. The van der Waals surface area contributed by atoms with Crippen LogP contribution >= 0.6 is 0 Å². The molecule has 2 aromatic rings. The van der Waals surface area contributed by atoms with E-state index < -0.39 is 0 Å². The predicted molar refractivity (Wildman–Crippen MR) is 205 cm³/mol. The third-order valence-corrected chi connectivity index (χ3v) is 10.2. The van der Waals surface area contributed by atoms with Crippen LogP contribution in [-0.2, 0) is 25.9 Å². The maximum absolute atomic E-state index is 2.40. The van der Waals surface area contributed by atoms with Crippen molar-refractivity contribution in [1.29, 1.82) is 0 Å². The van der Waals surface area contributed by atoms with Gasteiger partial charge in [-0.1, -0.05) is 178 Å². The summed E-state index contributed by atoms with van der Waals surface area (Å²) in [6.07, 6.45) is 30.7. The number of rotatable bonds is 29. The number of aryl methyl sites for hydroxylation is 2. The van der Waals surface area contributed by atoms with Gasteiger partial charge in [-0.3, -0.25) is 0 Å². The lowest BCUT2D eigenvalue weighted by atomic mass is 10.0. The van der Waals surface area contributed by atoms with Crippen molar-refractivity contribution in [2.24, 2.45) is 0 Å². The molecule has 2 aromatic carbocycles. The quantitative estimate of drug-likeness (QED) is 0.0617. The van der Waals surface area contributed by atoms with E-state index in [2.05, 4.69) is 90.6 Å². The molecule has 0 aromatic heterocycles. The van der Waals surface area contributed by atoms with Crippen LogP contribution in [0.4, 0.5) is 0 Å². The molecule has 0 spiro atoms. The summed E-state index contributed by atoms with van der Waals surface area (Å²) in [7, 11) is 9.61. The molecule has 0 atom stereocenters. The van der Waals surface area contributed by atoms with Crippen LogP contribution in [0.3, 0.4) is 0 Å². The lowest BCUT2D eigenvalue weighted by Gasteiger charge is -2.36. The molecule has 2 heteroatoms.